The van der Waals surface area contributed by atoms with Gasteiger partial charge in [-0.2, -0.15) is 0 Å². The predicted octanol–water partition coefficient (Wildman–Crippen LogP) is 3.63. The van der Waals surface area contributed by atoms with Crippen LogP contribution in [-0.4, -0.2) is 41.2 Å². The SMILES string of the molecule is COC(=O)N[C@@H](CC/C=C/C(N)=O)C(=O)Cc1cccn(CC2=Nc3c(cccc3Oc3ccccc3)C2)c1=O. The van der Waals surface area contributed by atoms with Crippen molar-refractivity contribution in [3.8, 4) is 11.5 Å². The first-order chi connectivity index (χ1) is 19.3. The van der Waals surface area contributed by atoms with Crippen LogP contribution in [0.2, 0.25) is 0 Å². The number of ether oxygens (including phenoxy) is 2. The van der Waals surface area contributed by atoms with Gasteiger partial charge in [-0.3, -0.25) is 19.4 Å². The standard InChI is InChI=1S/C30H30N4O6/c1-39-30(38)33-24(13-5-6-15-27(31)36)25(35)18-21-10-8-16-34(29(21)37)19-22-17-20-9-7-14-26(28(20)32-22)40-23-11-3-2-4-12-23/h2-4,6-12,14-16,24H,5,13,17-19H2,1H3,(H2,31,36)(H,33,38)/b15-6+/t24-/m0/s1. The van der Waals surface area contributed by atoms with Crippen LogP contribution < -0.4 is 21.3 Å². The average molecular weight is 543 g/mol. The van der Waals surface area contributed by atoms with E-state index < -0.39 is 18.0 Å². The van der Waals surface area contributed by atoms with Gasteiger partial charge in [0.1, 0.15) is 11.4 Å². The second-order valence-electron chi connectivity index (χ2n) is 9.21. The third-order valence-electron chi connectivity index (χ3n) is 6.30. The van der Waals surface area contributed by atoms with Gasteiger partial charge in [-0.05, 0) is 48.7 Å². The number of nitrogens with one attached hydrogen (secondary N) is 1. The smallest absolute Gasteiger partial charge is 0.407 e. The van der Waals surface area contributed by atoms with Crippen molar-refractivity contribution in [3.63, 3.8) is 0 Å². The number of fused-ring (bicyclic) bond motifs is 1. The molecule has 0 fully saturated rings. The summed E-state index contributed by atoms with van der Waals surface area (Å²) < 4.78 is 12.2. The van der Waals surface area contributed by atoms with Crippen molar-refractivity contribution in [1.82, 2.24) is 9.88 Å². The molecule has 10 nitrogen and oxygen atoms in total. The molecular weight excluding hydrogens is 512 g/mol. The second-order valence-corrected chi connectivity index (χ2v) is 9.21. The molecule has 2 aromatic carbocycles. The number of hydrogen-bond acceptors (Lipinski definition) is 7. The number of ketones is 1. The van der Waals surface area contributed by atoms with Crippen LogP contribution in [0, 0.1) is 0 Å². The van der Waals surface area contributed by atoms with E-state index in [4.69, 9.17) is 15.5 Å². The van der Waals surface area contributed by atoms with Crippen LogP contribution in [0.15, 0.2) is 88.8 Å². The van der Waals surface area contributed by atoms with Gasteiger partial charge in [0.25, 0.3) is 5.56 Å². The van der Waals surface area contributed by atoms with E-state index in [1.165, 1.54) is 23.8 Å². The number of Topliss-reactive ketones (excluding diaryl/α,β-unsaturated/α-hetero) is 1. The molecule has 10 heteroatoms. The minimum absolute atomic E-state index is 0.185. The van der Waals surface area contributed by atoms with Gasteiger partial charge < -0.3 is 25.1 Å². The van der Waals surface area contributed by atoms with E-state index in [-0.39, 0.29) is 30.7 Å². The summed E-state index contributed by atoms with van der Waals surface area (Å²) >= 11 is 0. The highest BCUT2D eigenvalue weighted by atomic mass is 16.5. The summed E-state index contributed by atoms with van der Waals surface area (Å²) in [7, 11) is 1.19. The third-order valence-corrected chi connectivity index (χ3v) is 6.30. The van der Waals surface area contributed by atoms with Gasteiger partial charge in [-0.15, -0.1) is 0 Å². The topological polar surface area (TPSA) is 142 Å². The number of benzene rings is 2. The molecule has 40 heavy (non-hydrogen) atoms. The number of rotatable bonds is 12. The number of carbonyl (C=O) groups excluding carboxylic acids is 3. The van der Waals surface area contributed by atoms with Gasteiger partial charge in [0.05, 0.1) is 19.7 Å². The zero-order valence-electron chi connectivity index (χ0n) is 22.0. The monoisotopic (exact) mass is 542 g/mol. The number of pyridine rings is 1. The molecule has 3 N–H and O–H groups in total. The van der Waals surface area contributed by atoms with Crippen molar-refractivity contribution in [1.29, 1.82) is 0 Å². The Morgan fingerprint density at radius 2 is 1.90 bits per heavy atom. The molecule has 1 aromatic heterocycles. The van der Waals surface area contributed by atoms with E-state index in [1.807, 2.05) is 48.5 Å². The highest BCUT2D eigenvalue weighted by Gasteiger charge is 2.23. The first kappa shape index (κ1) is 28.0. The number of aromatic nitrogens is 1. The lowest BCUT2D eigenvalue weighted by Crippen LogP contribution is -2.42. The van der Waals surface area contributed by atoms with Crippen molar-refractivity contribution >= 4 is 29.2 Å². The van der Waals surface area contributed by atoms with Crippen LogP contribution in [0.1, 0.15) is 24.0 Å². The fraction of sp³-hybridized carbons (Fsp3) is 0.233. The van der Waals surface area contributed by atoms with E-state index >= 15 is 0 Å². The average Bonchev–Trinajstić information content (AvgIpc) is 3.36. The number of amides is 2. The Bertz CT molecular complexity index is 1510. The molecule has 3 aromatic rings. The maximum Gasteiger partial charge on any atom is 0.407 e. The third kappa shape index (κ3) is 7.31. The first-order valence-corrected chi connectivity index (χ1v) is 12.8. The summed E-state index contributed by atoms with van der Waals surface area (Å²) in [6.45, 7) is 0.252. The van der Waals surface area contributed by atoms with Crippen molar-refractivity contribution in [3.05, 3.63) is 100 Å². The zero-order valence-corrected chi connectivity index (χ0v) is 22.0. The summed E-state index contributed by atoms with van der Waals surface area (Å²) in [6.07, 6.45) is 4.51. The molecule has 206 valence electrons. The fourth-order valence-corrected chi connectivity index (χ4v) is 4.37. The van der Waals surface area contributed by atoms with Crippen LogP contribution in [0.4, 0.5) is 10.5 Å². The highest BCUT2D eigenvalue weighted by molar-refractivity contribution is 5.95. The van der Waals surface area contributed by atoms with Gasteiger partial charge >= 0.3 is 6.09 Å². The molecule has 0 unspecified atom stereocenters. The molecular formula is C30H30N4O6. The number of para-hydroxylation sites is 2. The minimum atomic E-state index is -0.908. The van der Waals surface area contributed by atoms with E-state index in [1.54, 1.807) is 18.3 Å². The largest absolute Gasteiger partial charge is 0.455 e. The summed E-state index contributed by atoms with van der Waals surface area (Å²) in [6, 6.07) is 17.6. The lowest BCUT2D eigenvalue weighted by molar-refractivity contribution is -0.120. The van der Waals surface area contributed by atoms with E-state index in [9.17, 15) is 19.2 Å². The Morgan fingerprint density at radius 1 is 1.10 bits per heavy atom. The maximum atomic E-state index is 13.3. The highest BCUT2D eigenvalue weighted by Crippen LogP contribution is 2.38. The number of methoxy groups -OCH3 is 1. The van der Waals surface area contributed by atoms with Gasteiger partial charge in [0.2, 0.25) is 5.91 Å². The summed E-state index contributed by atoms with van der Waals surface area (Å²) in [5.41, 5.74) is 7.60. The maximum absolute atomic E-state index is 13.3. The number of primary amides is 1. The molecule has 1 aliphatic rings. The summed E-state index contributed by atoms with van der Waals surface area (Å²) in [5.74, 6) is 0.377. The summed E-state index contributed by atoms with van der Waals surface area (Å²) in [4.78, 5) is 53.8. The Hall–Kier alpha value is -4.99. The minimum Gasteiger partial charge on any atom is -0.455 e. The van der Waals surface area contributed by atoms with Gasteiger partial charge in [0, 0.05) is 30.3 Å². The molecule has 0 saturated heterocycles. The van der Waals surface area contributed by atoms with E-state index in [0.717, 1.165) is 17.0 Å². The second kappa shape index (κ2) is 13.2. The number of carbonyl (C=O) groups is 3. The van der Waals surface area contributed by atoms with Gasteiger partial charge in [-0.25, -0.2) is 4.79 Å². The van der Waals surface area contributed by atoms with E-state index in [0.29, 0.717) is 29.9 Å². The number of nitrogens with two attached hydrogens (primary N) is 1. The number of aliphatic imine (C=N–C) groups is 1. The lowest BCUT2D eigenvalue weighted by Gasteiger charge is -2.16. The molecule has 0 bridgehead atoms. The first-order valence-electron chi connectivity index (χ1n) is 12.8. The zero-order chi connectivity index (χ0) is 28.5. The van der Waals surface area contributed by atoms with Crippen molar-refractivity contribution in [2.75, 3.05) is 7.11 Å². The molecule has 4 rings (SSSR count). The Morgan fingerprint density at radius 3 is 2.65 bits per heavy atom. The molecule has 0 aliphatic carbocycles. The Labute approximate surface area is 231 Å². The normalized spacial score (nSPS) is 12.9. The molecule has 0 saturated carbocycles. The van der Waals surface area contributed by atoms with Crippen LogP contribution in [0.5, 0.6) is 11.5 Å². The number of hydrogen-bond donors (Lipinski definition) is 2. The van der Waals surface area contributed by atoms with Gasteiger partial charge in [0.15, 0.2) is 11.5 Å². The van der Waals surface area contributed by atoms with Crippen molar-refractivity contribution in [2.24, 2.45) is 10.7 Å². The van der Waals surface area contributed by atoms with Crippen molar-refractivity contribution < 1.29 is 23.9 Å². The van der Waals surface area contributed by atoms with Crippen LogP contribution in [0.3, 0.4) is 0 Å². The van der Waals surface area contributed by atoms with Crippen LogP contribution in [0.25, 0.3) is 0 Å². The van der Waals surface area contributed by atoms with E-state index in [2.05, 4.69) is 10.1 Å². The molecule has 0 spiro atoms. The van der Waals surface area contributed by atoms with Crippen LogP contribution >= 0.6 is 0 Å². The van der Waals surface area contributed by atoms with Crippen molar-refractivity contribution in [2.45, 2.75) is 38.3 Å². The molecule has 0 radical (unpaired) electrons. The predicted molar refractivity (Wildman–Crippen MR) is 150 cm³/mol. The molecule has 2 amide bonds. The lowest BCUT2D eigenvalue weighted by atomic mass is 10.0. The van der Waals surface area contributed by atoms with Gasteiger partial charge in [-0.1, -0.05) is 42.5 Å². The fourth-order valence-electron chi connectivity index (χ4n) is 4.37. The quantitative estimate of drug-likeness (QED) is 0.335. The Balaban J connectivity index is 1.47. The number of nitrogens with zero attached hydrogens (tertiary/aromatic N) is 2. The Kier molecular flexibility index (Phi) is 9.24. The number of allylic oxidation sites excluding steroid dienone is 1. The van der Waals surface area contributed by atoms with Crippen LogP contribution in [-0.2, 0) is 33.7 Å². The molecule has 2 heterocycles. The molecule has 1 aliphatic heterocycles. The molecule has 1 atom stereocenters. The number of alkyl carbamates (subject to hydrolysis) is 1. The summed E-state index contributed by atoms with van der Waals surface area (Å²) in [5, 5.41) is 2.50.